The summed E-state index contributed by atoms with van der Waals surface area (Å²) in [5.41, 5.74) is 2.59. The number of amides is 1. The minimum absolute atomic E-state index is 0.0991. The van der Waals surface area contributed by atoms with E-state index in [9.17, 15) is 4.79 Å². The molecule has 4 heteroatoms. The molecule has 0 saturated carbocycles. The third kappa shape index (κ3) is 4.74. The molecule has 0 spiro atoms. The summed E-state index contributed by atoms with van der Waals surface area (Å²) in [4.78, 5) is 12.3. The number of carbonyl (C=O) groups is 1. The first-order valence-corrected chi connectivity index (χ1v) is 7.87. The van der Waals surface area contributed by atoms with Gasteiger partial charge in [0.1, 0.15) is 11.5 Å². The van der Waals surface area contributed by atoms with Crippen LogP contribution >= 0.6 is 0 Å². The second-order valence-corrected chi connectivity index (χ2v) is 5.18. The highest BCUT2D eigenvalue weighted by atomic mass is 16.5. The molecule has 2 aromatic rings. The number of benzene rings is 2. The van der Waals surface area contributed by atoms with Crippen molar-refractivity contribution >= 4 is 5.91 Å². The lowest BCUT2D eigenvalue weighted by Gasteiger charge is -2.10. The van der Waals surface area contributed by atoms with Crippen LogP contribution in [0, 0.1) is 6.92 Å². The van der Waals surface area contributed by atoms with Crippen molar-refractivity contribution in [1.82, 2.24) is 5.32 Å². The van der Waals surface area contributed by atoms with Crippen LogP contribution in [0.3, 0.4) is 0 Å². The summed E-state index contributed by atoms with van der Waals surface area (Å²) in [6.45, 7) is 7.53. The molecule has 0 aromatic heterocycles. The van der Waals surface area contributed by atoms with E-state index in [0.717, 1.165) is 22.6 Å². The lowest BCUT2D eigenvalue weighted by Crippen LogP contribution is -2.22. The summed E-state index contributed by atoms with van der Waals surface area (Å²) in [5.74, 6) is 1.53. The third-order valence-electron chi connectivity index (χ3n) is 3.40. The number of hydrogen-bond donors (Lipinski definition) is 1. The van der Waals surface area contributed by atoms with Gasteiger partial charge in [0.15, 0.2) is 0 Å². The summed E-state index contributed by atoms with van der Waals surface area (Å²) >= 11 is 0. The van der Waals surface area contributed by atoms with E-state index in [0.29, 0.717) is 25.3 Å². The zero-order valence-electron chi connectivity index (χ0n) is 13.9. The van der Waals surface area contributed by atoms with Crippen molar-refractivity contribution in [2.24, 2.45) is 0 Å². The van der Waals surface area contributed by atoms with Crippen LogP contribution < -0.4 is 14.8 Å². The van der Waals surface area contributed by atoms with E-state index < -0.39 is 0 Å². The van der Waals surface area contributed by atoms with Gasteiger partial charge in [-0.1, -0.05) is 12.1 Å². The first-order valence-electron chi connectivity index (χ1n) is 7.87. The zero-order valence-corrected chi connectivity index (χ0v) is 13.9. The van der Waals surface area contributed by atoms with Crippen molar-refractivity contribution in [3.05, 3.63) is 59.2 Å². The normalized spacial score (nSPS) is 10.2. The molecule has 0 bridgehead atoms. The number of carbonyl (C=O) groups excluding carboxylic acids is 1. The first kappa shape index (κ1) is 16.9. The van der Waals surface area contributed by atoms with Crippen molar-refractivity contribution < 1.29 is 14.3 Å². The van der Waals surface area contributed by atoms with Gasteiger partial charge in [0, 0.05) is 12.1 Å². The molecule has 23 heavy (non-hydrogen) atoms. The predicted octanol–water partition coefficient (Wildman–Crippen LogP) is 3.72. The van der Waals surface area contributed by atoms with Crippen molar-refractivity contribution in [3.63, 3.8) is 0 Å². The van der Waals surface area contributed by atoms with Gasteiger partial charge in [0.25, 0.3) is 5.91 Å². The summed E-state index contributed by atoms with van der Waals surface area (Å²) in [5, 5.41) is 2.93. The van der Waals surface area contributed by atoms with Crippen LogP contribution in [0.4, 0.5) is 0 Å². The molecule has 0 aliphatic rings. The highest BCUT2D eigenvalue weighted by Crippen LogP contribution is 2.19. The summed E-state index contributed by atoms with van der Waals surface area (Å²) in [7, 11) is 0. The van der Waals surface area contributed by atoms with E-state index in [2.05, 4.69) is 5.32 Å². The fraction of sp³-hybridized carbons (Fsp3) is 0.316. The van der Waals surface area contributed by atoms with Crippen LogP contribution in [0.2, 0.25) is 0 Å². The highest BCUT2D eigenvalue weighted by molar-refractivity contribution is 5.94. The number of nitrogens with one attached hydrogen (secondary N) is 1. The molecule has 0 aliphatic heterocycles. The van der Waals surface area contributed by atoms with E-state index in [-0.39, 0.29) is 5.91 Å². The Morgan fingerprint density at radius 1 is 1.04 bits per heavy atom. The fourth-order valence-corrected chi connectivity index (χ4v) is 2.30. The molecule has 122 valence electrons. The second-order valence-electron chi connectivity index (χ2n) is 5.18. The molecule has 2 rings (SSSR count). The van der Waals surface area contributed by atoms with Gasteiger partial charge in [-0.25, -0.2) is 0 Å². The van der Waals surface area contributed by atoms with Crippen LogP contribution in [-0.2, 0) is 6.54 Å². The minimum Gasteiger partial charge on any atom is -0.494 e. The largest absolute Gasteiger partial charge is 0.494 e. The smallest absolute Gasteiger partial charge is 0.251 e. The first-order chi connectivity index (χ1) is 11.1. The van der Waals surface area contributed by atoms with E-state index >= 15 is 0 Å². The Morgan fingerprint density at radius 2 is 1.83 bits per heavy atom. The van der Waals surface area contributed by atoms with Gasteiger partial charge in [-0.15, -0.1) is 0 Å². The minimum atomic E-state index is -0.0991. The Bertz CT molecular complexity index is 667. The van der Waals surface area contributed by atoms with Crippen molar-refractivity contribution in [3.8, 4) is 11.5 Å². The Balaban J connectivity index is 1.99. The molecule has 0 saturated heterocycles. The topological polar surface area (TPSA) is 47.6 Å². The Morgan fingerprint density at radius 3 is 2.52 bits per heavy atom. The van der Waals surface area contributed by atoms with Crippen LogP contribution in [0.1, 0.15) is 35.3 Å². The van der Waals surface area contributed by atoms with E-state index in [1.807, 2.05) is 57.2 Å². The Labute approximate surface area is 137 Å². The molecule has 0 fully saturated rings. The van der Waals surface area contributed by atoms with Gasteiger partial charge < -0.3 is 14.8 Å². The summed E-state index contributed by atoms with van der Waals surface area (Å²) in [6, 6.07) is 13.2. The molecule has 4 nitrogen and oxygen atoms in total. The lowest BCUT2D eigenvalue weighted by atomic mass is 10.1. The molecule has 1 N–H and O–H groups in total. The molecule has 0 radical (unpaired) electrons. The average Bonchev–Trinajstić information content (AvgIpc) is 2.55. The van der Waals surface area contributed by atoms with Crippen molar-refractivity contribution in [1.29, 1.82) is 0 Å². The van der Waals surface area contributed by atoms with Gasteiger partial charge in [0.2, 0.25) is 0 Å². The molecule has 1 amide bonds. The maximum atomic E-state index is 12.3. The SMILES string of the molecule is CCOc1cccc(CNC(=O)c2ccc(OCC)c(C)c2)c1. The van der Waals surface area contributed by atoms with Gasteiger partial charge in [-0.05, 0) is 62.2 Å². The molecule has 2 aromatic carbocycles. The van der Waals surface area contributed by atoms with Crippen molar-refractivity contribution in [2.45, 2.75) is 27.3 Å². The third-order valence-corrected chi connectivity index (χ3v) is 3.40. The van der Waals surface area contributed by atoms with Crippen LogP contribution in [0.25, 0.3) is 0 Å². The summed E-state index contributed by atoms with van der Waals surface area (Å²) < 4.78 is 11.0. The zero-order chi connectivity index (χ0) is 16.7. The lowest BCUT2D eigenvalue weighted by molar-refractivity contribution is 0.0950. The van der Waals surface area contributed by atoms with Crippen LogP contribution in [0.15, 0.2) is 42.5 Å². The maximum absolute atomic E-state index is 12.3. The number of rotatable bonds is 7. The predicted molar refractivity (Wildman–Crippen MR) is 91.1 cm³/mol. The molecule has 0 aliphatic carbocycles. The van der Waals surface area contributed by atoms with E-state index in [4.69, 9.17) is 9.47 Å². The molecule has 0 heterocycles. The average molecular weight is 313 g/mol. The van der Waals surface area contributed by atoms with Crippen LogP contribution in [0.5, 0.6) is 11.5 Å². The molecular formula is C19H23NO3. The number of ether oxygens (including phenoxy) is 2. The number of hydrogen-bond acceptors (Lipinski definition) is 3. The quantitative estimate of drug-likeness (QED) is 0.847. The maximum Gasteiger partial charge on any atom is 0.251 e. The molecule has 0 unspecified atom stereocenters. The molecular weight excluding hydrogens is 290 g/mol. The van der Waals surface area contributed by atoms with Gasteiger partial charge >= 0.3 is 0 Å². The van der Waals surface area contributed by atoms with Crippen molar-refractivity contribution in [2.75, 3.05) is 13.2 Å². The monoisotopic (exact) mass is 313 g/mol. The fourth-order valence-electron chi connectivity index (χ4n) is 2.30. The standard InChI is InChI=1S/C19H23NO3/c1-4-22-17-8-6-7-15(12-17)13-20-19(21)16-9-10-18(23-5-2)14(3)11-16/h6-12H,4-5,13H2,1-3H3,(H,20,21). The Hall–Kier alpha value is -2.49. The van der Waals surface area contributed by atoms with E-state index in [1.54, 1.807) is 6.07 Å². The van der Waals surface area contributed by atoms with Gasteiger partial charge in [-0.3, -0.25) is 4.79 Å². The molecule has 0 atom stereocenters. The van der Waals surface area contributed by atoms with Gasteiger partial charge in [-0.2, -0.15) is 0 Å². The van der Waals surface area contributed by atoms with E-state index in [1.165, 1.54) is 0 Å². The van der Waals surface area contributed by atoms with Crippen LogP contribution in [-0.4, -0.2) is 19.1 Å². The second kappa shape index (κ2) is 8.22. The summed E-state index contributed by atoms with van der Waals surface area (Å²) in [6.07, 6.45) is 0. The van der Waals surface area contributed by atoms with Gasteiger partial charge in [0.05, 0.1) is 13.2 Å². The highest BCUT2D eigenvalue weighted by Gasteiger charge is 2.08. The number of aryl methyl sites for hydroxylation is 1. The Kier molecular flexibility index (Phi) is 6.03.